The van der Waals surface area contributed by atoms with E-state index in [9.17, 15) is 4.79 Å². The average Bonchev–Trinajstić information content (AvgIpc) is 2.85. The molecule has 1 aromatic rings. The molecule has 2 atom stereocenters. The number of hydrogen-bond acceptors (Lipinski definition) is 2. The fourth-order valence-electron chi connectivity index (χ4n) is 4.15. The topological polar surface area (TPSA) is 17.1 Å². The zero-order valence-electron chi connectivity index (χ0n) is 12.5. The summed E-state index contributed by atoms with van der Waals surface area (Å²) in [5.74, 6) is 0.657. The second-order valence-corrected chi connectivity index (χ2v) is 13.6. The lowest BCUT2D eigenvalue weighted by Gasteiger charge is -2.48. The van der Waals surface area contributed by atoms with Crippen molar-refractivity contribution in [2.45, 2.75) is 51.4 Å². The van der Waals surface area contributed by atoms with Crippen LogP contribution in [-0.2, 0) is 5.04 Å². The molecule has 1 nitrogen and oxygen atoms in total. The highest BCUT2D eigenvalue weighted by atomic mass is 32.1. The number of carbonyl (C=O) groups is 1. The zero-order chi connectivity index (χ0) is 14.0. The second kappa shape index (κ2) is 3.92. The van der Waals surface area contributed by atoms with Gasteiger partial charge in [0.1, 0.15) is 0 Å². The minimum absolute atomic E-state index is 0.156. The molecule has 3 heteroatoms. The lowest BCUT2D eigenvalue weighted by molar-refractivity contribution is 0.0905. The Hall–Kier alpha value is -0.673. The predicted octanol–water partition coefficient (Wildman–Crippen LogP) is 4.81. The third-order valence-electron chi connectivity index (χ3n) is 5.40. The van der Waals surface area contributed by atoms with Gasteiger partial charge in [-0.2, -0.15) is 0 Å². The lowest BCUT2D eigenvalue weighted by Crippen LogP contribution is -2.55. The van der Waals surface area contributed by atoms with Crippen LogP contribution in [0.4, 0.5) is 0 Å². The van der Waals surface area contributed by atoms with Gasteiger partial charge in [0.25, 0.3) is 0 Å². The Kier molecular flexibility index (Phi) is 2.75. The van der Waals surface area contributed by atoms with E-state index in [2.05, 4.69) is 44.9 Å². The molecule has 0 radical (unpaired) electrons. The van der Waals surface area contributed by atoms with E-state index in [1.807, 2.05) is 0 Å². The maximum absolute atomic E-state index is 12.8. The van der Waals surface area contributed by atoms with Crippen molar-refractivity contribution in [3.05, 3.63) is 33.0 Å². The van der Waals surface area contributed by atoms with Crippen molar-refractivity contribution in [1.29, 1.82) is 0 Å². The first-order chi connectivity index (χ1) is 8.79. The summed E-state index contributed by atoms with van der Waals surface area (Å²) >= 11 is 1.66. The van der Waals surface area contributed by atoms with E-state index in [1.165, 1.54) is 16.7 Å². The molecule has 19 heavy (non-hydrogen) atoms. The van der Waals surface area contributed by atoms with E-state index in [0.29, 0.717) is 5.78 Å². The number of carbonyl (C=O) groups excluding carboxylic acids is 1. The highest BCUT2D eigenvalue weighted by Gasteiger charge is 2.60. The number of hydrogen-bond donors (Lipinski definition) is 0. The molecule has 102 valence electrons. The van der Waals surface area contributed by atoms with Crippen LogP contribution in [0.3, 0.4) is 0 Å². The van der Waals surface area contributed by atoms with Crippen LogP contribution < -0.4 is 0 Å². The Labute approximate surface area is 120 Å². The van der Waals surface area contributed by atoms with Crippen LogP contribution in [0.5, 0.6) is 0 Å². The Morgan fingerprint density at radius 3 is 2.58 bits per heavy atom. The highest BCUT2D eigenvalue weighted by molar-refractivity contribution is 7.12. The van der Waals surface area contributed by atoms with Gasteiger partial charge in [-0.15, -0.1) is 11.3 Å². The van der Waals surface area contributed by atoms with Crippen LogP contribution in [0.2, 0.25) is 19.6 Å². The van der Waals surface area contributed by atoms with Crippen LogP contribution in [0.25, 0.3) is 0 Å². The fourth-order valence-corrected chi connectivity index (χ4v) is 8.30. The van der Waals surface area contributed by atoms with Crippen molar-refractivity contribution in [3.63, 3.8) is 0 Å². The summed E-state index contributed by atoms with van der Waals surface area (Å²) in [5.41, 5.74) is 4.35. The maximum atomic E-state index is 12.8. The van der Waals surface area contributed by atoms with Crippen molar-refractivity contribution in [2.75, 3.05) is 0 Å². The first-order valence-electron chi connectivity index (χ1n) is 7.06. The van der Waals surface area contributed by atoms with E-state index in [1.54, 1.807) is 11.3 Å². The number of rotatable bonds is 1. The van der Waals surface area contributed by atoms with Crippen LogP contribution in [0.1, 0.15) is 41.9 Å². The number of Topliss-reactive ketones (excluding diaryl/α,β-unsaturated/α-hetero) is 1. The van der Waals surface area contributed by atoms with Gasteiger partial charge in [-0.05, 0) is 43.7 Å². The fraction of sp³-hybridized carbons (Fsp3) is 0.562. The van der Waals surface area contributed by atoms with Gasteiger partial charge in [-0.25, -0.2) is 0 Å². The summed E-state index contributed by atoms with van der Waals surface area (Å²) in [6.45, 7) is 11.8. The third kappa shape index (κ3) is 1.55. The van der Waals surface area contributed by atoms with Crippen molar-refractivity contribution in [3.8, 4) is 0 Å². The minimum Gasteiger partial charge on any atom is -0.293 e. The number of thiophene rings is 1. The van der Waals surface area contributed by atoms with E-state index >= 15 is 0 Å². The van der Waals surface area contributed by atoms with Crippen molar-refractivity contribution in [1.82, 2.24) is 0 Å². The quantitative estimate of drug-likeness (QED) is 0.536. The zero-order valence-corrected chi connectivity index (χ0v) is 14.3. The molecular formula is C16H22OSSi. The van der Waals surface area contributed by atoms with Gasteiger partial charge in [-0.1, -0.05) is 30.8 Å². The summed E-state index contributed by atoms with van der Waals surface area (Å²) in [4.78, 5) is 13.9. The van der Waals surface area contributed by atoms with E-state index < -0.39 is 8.07 Å². The summed E-state index contributed by atoms with van der Waals surface area (Å²) in [7, 11) is -1.48. The molecule has 1 heterocycles. The van der Waals surface area contributed by atoms with Crippen molar-refractivity contribution in [2.24, 2.45) is 5.92 Å². The molecule has 0 aliphatic heterocycles. The van der Waals surface area contributed by atoms with Crippen LogP contribution >= 0.6 is 11.3 Å². The summed E-state index contributed by atoms with van der Waals surface area (Å²) in [5, 5.41) is 2.27. The third-order valence-corrected chi connectivity index (χ3v) is 9.80. The molecular weight excluding hydrogens is 268 g/mol. The van der Waals surface area contributed by atoms with Crippen LogP contribution in [0.15, 0.2) is 22.6 Å². The van der Waals surface area contributed by atoms with Gasteiger partial charge in [0.2, 0.25) is 0 Å². The molecule has 0 bridgehead atoms. The first kappa shape index (κ1) is 13.3. The Bertz CT molecular complexity index is 590. The highest BCUT2D eigenvalue weighted by Crippen LogP contribution is 2.58. The first-order valence-corrected chi connectivity index (χ1v) is 11.4. The predicted molar refractivity (Wildman–Crippen MR) is 84.8 cm³/mol. The SMILES string of the molecule is CC1=C(C)C[C@]2([Si](C)(C)C)c3ccsc3C(=O)[C@@H]2C1. The monoisotopic (exact) mass is 290 g/mol. The maximum Gasteiger partial charge on any atom is 0.177 e. The van der Waals surface area contributed by atoms with Gasteiger partial charge in [0.05, 0.1) is 13.0 Å². The normalized spacial score (nSPS) is 30.6. The molecule has 0 aromatic carbocycles. The lowest BCUT2D eigenvalue weighted by atomic mass is 9.75. The van der Waals surface area contributed by atoms with Crippen LogP contribution in [-0.4, -0.2) is 13.9 Å². The largest absolute Gasteiger partial charge is 0.293 e. The molecule has 0 spiro atoms. The standard InChI is InChI=1S/C16H22OSSi/c1-10-8-13-14(17)15-12(6-7-18-15)16(13,9-11(10)2)19(3,4)5/h6-7,13H,8-9H2,1-5H3/t13-,16-/m0/s1. The van der Waals surface area contributed by atoms with Gasteiger partial charge in [0.15, 0.2) is 5.78 Å². The molecule has 0 unspecified atom stereocenters. The molecule has 0 fully saturated rings. The summed E-state index contributed by atoms with van der Waals surface area (Å²) < 4.78 is 0. The Morgan fingerprint density at radius 2 is 1.95 bits per heavy atom. The second-order valence-electron chi connectivity index (χ2n) is 7.24. The molecule has 3 rings (SSSR count). The molecule has 2 aliphatic rings. The molecule has 1 aromatic heterocycles. The van der Waals surface area contributed by atoms with E-state index in [-0.39, 0.29) is 11.0 Å². The van der Waals surface area contributed by atoms with Crippen molar-refractivity contribution >= 4 is 25.2 Å². The summed E-state index contributed by atoms with van der Waals surface area (Å²) in [6.07, 6.45) is 2.09. The van der Waals surface area contributed by atoms with Gasteiger partial charge in [-0.3, -0.25) is 4.79 Å². The molecule has 0 saturated carbocycles. The van der Waals surface area contributed by atoms with E-state index in [0.717, 1.165) is 17.7 Å². The number of fused-ring (bicyclic) bond motifs is 3. The average molecular weight is 291 g/mol. The van der Waals surface area contributed by atoms with Gasteiger partial charge in [0, 0.05) is 11.0 Å². The molecule has 0 saturated heterocycles. The number of ketones is 1. The molecule has 2 aliphatic carbocycles. The van der Waals surface area contributed by atoms with Crippen molar-refractivity contribution < 1.29 is 4.79 Å². The Morgan fingerprint density at radius 1 is 1.26 bits per heavy atom. The summed E-state index contributed by atoms with van der Waals surface area (Å²) in [6, 6.07) is 2.24. The molecule has 0 amide bonds. The van der Waals surface area contributed by atoms with E-state index in [4.69, 9.17) is 0 Å². The molecule has 0 N–H and O–H groups in total. The Balaban J connectivity index is 2.28. The van der Waals surface area contributed by atoms with Gasteiger partial charge >= 0.3 is 0 Å². The smallest absolute Gasteiger partial charge is 0.177 e. The minimum atomic E-state index is -1.48. The number of allylic oxidation sites excluding steroid dienone is 2. The van der Waals surface area contributed by atoms with Crippen LogP contribution in [0, 0.1) is 5.92 Å². The van der Waals surface area contributed by atoms with Gasteiger partial charge < -0.3 is 0 Å².